The highest BCUT2D eigenvalue weighted by molar-refractivity contribution is 6.27. The predicted molar refractivity (Wildman–Crippen MR) is 84.7 cm³/mol. The lowest BCUT2D eigenvalue weighted by atomic mass is 9.92. The van der Waals surface area contributed by atoms with Crippen molar-refractivity contribution in [1.29, 1.82) is 0 Å². The summed E-state index contributed by atoms with van der Waals surface area (Å²) in [4.78, 5) is 0. The Bertz CT molecular complexity index is 503. The molecule has 0 amide bonds. The monoisotopic (exact) mass is 324 g/mol. The number of rotatable bonds is 7. The van der Waals surface area contributed by atoms with Crippen molar-refractivity contribution in [2.24, 2.45) is 0 Å². The molecule has 1 nitrogen and oxygen atoms in total. The number of benzene rings is 2. The summed E-state index contributed by atoms with van der Waals surface area (Å²) in [6, 6.07) is 20.0. The molecular formula is C17H19F3OSi. The van der Waals surface area contributed by atoms with Gasteiger partial charge in [0, 0.05) is 18.9 Å². The average molecular weight is 324 g/mol. The number of alkyl halides is 3. The van der Waals surface area contributed by atoms with E-state index in [0.717, 1.165) is 11.1 Å². The smallest absolute Gasteiger partial charge is 0.388 e. The van der Waals surface area contributed by atoms with Crippen LogP contribution in [0.4, 0.5) is 13.2 Å². The third-order valence-electron chi connectivity index (χ3n) is 3.44. The van der Waals surface area contributed by atoms with Crippen molar-refractivity contribution >= 4 is 9.76 Å². The van der Waals surface area contributed by atoms with E-state index in [9.17, 15) is 13.2 Å². The molecule has 0 radical (unpaired) electrons. The summed E-state index contributed by atoms with van der Waals surface area (Å²) in [5.41, 5.74) is 2.25. The Morgan fingerprint density at radius 2 is 1.36 bits per heavy atom. The highest BCUT2D eigenvalue weighted by Crippen LogP contribution is 2.25. The van der Waals surface area contributed by atoms with Crippen LogP contribution in [0, 0.1) is 0 Å². The molecule has 118 valence electrons. The van der Waals surface area contributed by atoms with Crippen molar-refractivity contribution in [3.8, 4) is 0 Å². The van der Waals surface area contributed by atoms with Crippen molar-refractivity contribution in [3.05, 3.63) is 71.8 Å². The van der Waals surface area contributed by atoms with Gasteiger partial charge in [0.05, 0.1) is 0 Å². The zero-order valence-electron chi connectivity index (χ0n) is 12.2. The molecule has 0 unspecified atom stereocenters. The first-order chi connectivity index (χ1) is 10.6. The minimum Gasteiger partial charge on any atom is -0.423 e. The van der Waals surface area contributed by atoms with Crippen LogP contribution >= 0.6 is 0 Å². The average Bonchev–Trinajstić information content (AvgIpc) is 2.51. The maximum atomic E-state index is 12.1. The first kappa shape index (κ1) is 16.8. The highest BCUT2D eigenvalue weighted by atomic mass is 28.2. The fraction of sp³-hybridized carbons (Fsp3) is 0.294. The maximum absolute atomic E-state index is 12.1. The molecular weight excluding hydrogens is 305 g/mol. The van der Waals surface area contributed by atoms with E-state index in [2.05, 4.69) is 0 Å². The summed E-state index contributed by atoms with van der Waals surface area (Å²) in [6.07, 6.45) is -4.81. The Kier molecular flexibility index (Phi) is 6.21. The zero-order chi connectivity index (χ0) is 15.8. The molecule has 0 fully saturated rings. The second kappa shape index (κ2) is 8.15. The SMILES string of the molecule is FC(F)(F)CC[SiH2]OCC(c1ccccc1)c1ccccc1. The van der Waals surface area contributed by atoms with E-state index in [4.69, 9.17) is 4.43 Å². The van der Waals surface area contributed by atoms with Gasteiger partial charge in [-0.2, -0.15) is 13.2 Å². The summed E-state index contributed by atoms with van der Waals surface area (Å²) in [5, 5.41) is 0. The van der Waals surface area contributed by atoms with Gasteiger partial charge in [0.25, 0.3) is 0 Å². The van der Waals surface area contributed by atoms with Crippen LogP contribution < -0.4 is 0 Å². The topological polar surface area (TPSA) is 9.23 Å². The molecule has 0 spiro atoms. The molecule has 0 saturated carbocycles. The Morgan fingerprint density at radius 1 is 0.864 bits per heavy atom. The number of hydrogen-bond acceptors (Lipinski definition) is 1. The van der Waals surface area contributed by atoms with E-state index in [1.54, 1.807) is 0 Å². The van der Waals surface area contributed by atoms with Crippen LogP contribution in [0.1, 0.15) is 23.5 Å². The molecule has 2 rings (SSSR count). The van der Waals surface area contributed by atoms with Gasteiger partial charge in [0.2, 0.25) is 0 Å². The molecule has 0 bridgehead atoms. The van der Waals surface area contributed by atoms with E-state index >= 15 is 0 Å². The summed E-state index contributed by atoms with van der Waals surface area (Å²) >= 11 is 0. The van der Waals surface area contributed by atoms with Gasteiger partial charge in [0.15, 0.2) is 9.76 Å². The standard InChI is InChI=1S/C17H19F3OSi/c18-17(19,20)11-12-22-21-13-16(14-7-3-1-4-8-14)15-9-5-2-6-10-15/h1-10,16H,11-13,22H2. The van der Waals surface area contributed by atoms with Gasteiger partial charge >= 0.3 is 6.18 Å². The van der Waals surface area contributed by atoms with E-state index in [1.807, 2.05) is 60.7 Å². The van der Waals surface area contributed by atoms with Crippen molar-refractivity contribution in [2.45, 2.75) is 24.6 Å². The molecule has 0 aliphatic rings. The third kappa shape index (κ3) is 5.65. The van der Waals surface area contributed by atoms with Gasteiger partial charge in [-0.15, -0.1) is 0 Å². The zero-order valence-corrected chi connectivity index (χ0v) is 13.6. The molecule has 0 aliphatic heterocycles. The first-order valence-electron chi connectivity index (χ1n) is 7.30. The largest absolute Gasteiger partial charge is 0.423 e. The van der Waals surface area contributed by atoms with E-state index in [1.165, 1.54) is 0 Å². The van der Waals surface area contributed by atoms with Crippen molar-refractivity contribution in [2.75, 3.05) is 6.61 Å². The Labute approximate surface area is 131 Å². The molecule has 5 heteroatoms. The lowest BCUT2D eigenvalue weighted by Gasteiger charge is -2.18. The van der Waals surface area contributed by atoms with Crippen LogP contribution in [-0.2, 0) is 4.43 Å². The molecule has 0 atom stereocenters. The molecule has 22 heavy (non-hydrogen) atoms. The van der Waals surface area contributed by atoms with Crippen LogP contribution in [0.25, 0.3) is 0 Å². The molecule has 0 aliphatic carbocycles. The molecule has 0 saturated heterocycles. The van der Waals surface area contributed by atoms with Crippen LogP contribution in [0.2, 0.25) is 6.04 Å². The normalized spacial score (nSPS) is 12.4. The highest BCUT2D eigenvalue weighted by Gasteiger charge is 2.26. The Hall–Kier alpha value is -1.59. The minimum atomic E-state index is -4.07. The minimum absolute atomic E-state index is 0.0702. The molecule has 0 N–H and O–H groups in total. The van der Waals surface area contributed by atoms with Gasteiger partial charge < -0.3 is 4.43 Å². The third-order valence-corrected chi connectivity index (χ3v) is 4.60. The van der Waals surface area contributed by atoms with Crippen LogP contribution in [0.5, 0.6) is 0 Å². The Balaban J connectivity index is 1.95. The summed E-state index contributed by atoms with van der Waals surface area (Å²) < 4.78 is 42.1. The number of halogens is 3. The van der Waals surface area contributed by atoms with Crippen molar-refractivity contribution in [1.82, 2.24) is 0 Å². The van der Waals surface area contributed by atoms with Crippen molar-refractivity contribution < 1.29 is 17.6 Å². The second-order valence-electron chi connectivity index (χ2n) is 5.17. The maximum Gasteiger partial charge on any atom is 0.388 e. The van der Waals surface area contributed by atoms with Crippen LogP contribution in [-0.4, -0.2) is 22.5 Å². The van der Waals surface area contributed by atoms with Crippen LogP contribution in [0.3, 0.4) is 0 Å². The van der Waals surface area contributed by atoms with Gasteiger partial charge in [0.1, 0.15) is 0 Å². The number of hydrogen-bond donors (Lipinski definition) is 0. The summed E-state index contributed by atoms with van der Waals surface area (Å²) in [5.74, 6) is 0.0702. The summed E-state index contributed by atoms with van der Waals surface area (Å²) in [6.45, 7) is 0.443. The molecule has 0 aromatic heterocycles. The van der Waals surface area contributed by atoms with Gasteiger partial charge in [-0.1, -0.05) is 60.7 Å². The fourth-order valence-corrected chi connectivity index (χ4v) is 3.48. The lowest BCUT2D eigenvalue weighted by molar-refractivity contribution is -0.130. The quantitative estimate of drug-likeness (QED) is 0.545. The van der Waals surface area contributed by atoms with Gasteiger partial charge in [-0.05, 0) is 17.2 Å². The summed E-state index contributed by atoms with van der Waals surface area (Å²) in [7, 11) is -1.14. The van der Waals surface area contributed by atoms with Crippen LogP contribution in [0.15, 0.2) is 60.7 Å². The van der Waals surface area contributed by atoms with E-state index < -0.39 is 22.4 Å². The Morgan fingerprint density at radius 3 is 1.82 bits per heavy atom. The lowest BCUT2D eigenvalue weighted by Crippen LogP contribution is -2.14. The molecule has 2 aromatic carbocycles. The molecule has 0 heterocycles. The fourth-order valence-electron chi connectivity index (χ4n) is 2.33. The van der Waals surface area contributed by atoms with E-state index in [-0.39, 0.29) is 12.0 Å². The van der Waals surface area contributed by atoms with Crippen molar-refractivity contribution in [3.63, 3.8) is 0 Å². The first-order valence-corrected chi connectivity index (χ1v) is 8.88. The van der Waals surface area contributed by atoms with E-state index in [0.29, 0.717) is 6.61 Å². The van der Waals surface area contributed by atoms with Gasteiger partial charge in [-0.3, -0.25) is 0 Å². The second-order valence-corrected chi connectivity index (χ2v) is 6.69. The molecule has 2 aromatic rings. The predicted octanol–water partition coefficient (Wildman–Crippen LogP) is 4.29. The van der Waals surface area contributed by atoms with Gasteiger partial charge in [-0.25, -0.2) is 0 Å².